The third kappa shape index (κ3) is 3.74. The Labute approximate surface area is 107 Å². The van der Waals surface area contributed by atoms with Crippen LogP contribution in [-0.4, -0.2) is 25.3 Å². The first-order valence-corrected chi connectivity index (χ1v) is 6.32. The Morgan fingerprint density at radius 3 is 2.89 bits per heavy atom. The lowest BCUT2D eigenvalue weighted by Gasteiger charge is -2.15. The van der Waals surface area contributed by atoms with Crippen LogP contribution in [0.3, 0.4) is 0 Å². The fourth-order valence-corrected chi connectivity index (χ4v) is 1.97. The average Bonchev–Trinajstić information content (AvgIpc) is 2.81. The minimum absolute atomic E-state index is 0.120. The summed E-state index contributed by atoms with van der Waals surface area (Å²) < 4.78 is 10.6. The maximum Gasteiger partial charge on any atom is 0.407 e. The van der Waals surface area contributed by atoms with Crippen molar-refractivity contribution >= 4 is 6.09 Å². The van der Waals surface area contributed by atoms with Crippen LogP contribution in [-0.2, 0) is 16.1 Å². The van der Waals surface area contributed by atoms with Gasteiger partial charge in [0.15, 0.2) is 0 Å². The van der Waals surface area contributed by atoms with Crippen molar-refractivity contribution in [3.05, 3.63) is 35.9 Å². The smallest absolute Gasteiger partial charge is 0.407 e. The van der Waals surface area contributed by atoms with Crippen LogP contribution in [0.2, 0.25) is 0 Å². The van der Waals surface area contributed by atoms with Crippen molar-refractivity contribution in [1.29, 1.82) is 0 Å². The summed E-state index contributed by atoms with van der Waals surface area (Å²) in [6, 6.07) is 9.63. The SMILES string of the molecule is C[C@@H]1CCO[C@@H]1CNC(=O)OCc1ccccc1. The predicted molar refractivity (Wildman–Crippen MR) is 68.2 cm³/mol. The van der Waals surface area contributed by atoms with Gasteiger partial charge in [0.05, 0.1) is 6.10 Å². The van der Waals surface area contributed by atoms with Gasteiger partial charge >= 0.3 is 6.09 Å². The number of hydrogen-bond donors (Lipinski definition) is 1. The normalized spacial score (nSPS) is 22.7. The largest absolute Gasteiger partial charge is 0.445 e. The molecule has 0 aliphatic carbocycles. The maximum atomic E-state index is 11.5. The van der Waals surface area contributed by atoms with Crippen LogP contribution in [0.15, 0.2) is 30.3 Å². The quantitative estimate of drug-likeness (QED) is 0.891. The van der Waals surface area contributed by atoms with Crippen molar-refractivity contribution in [3.63, 3.8) is 0 Å². The fraction of sp³-hybridized carbons (Fsp3) is 0.500. The van der Waals surface area contributed by atoms with Crippen molar-refractivity contribution in [2.45, 2.75) is 26.1 Å². The van der Waals surface area contributed by atoms with Crippen molar-refractivity contribution in [2.24, 2.45) is 5.92 Å². The fourth-order valence-electron chi connectivity index (χ4n) is 1.97. The van der Waals surface area contributed by atoms with Gasteiger partial charge in [-0.2, -0.15) is 0 Å². The molecule has 1 heterocycles. The van der Waals surface area contributed by atoms with Crippen LogP contribution in [0.1, 0.15) is 18.9 Å². The van der Waals surface area contributed by atoms with E-state index in [1.807, 2.05) is 30.3 Å². The number of alkyl carbamates (subject to hydrolysis) is 1. The van der Waals surface area contributed by atoms with Crippen molar-refractivity contribution in [3.8, 4) is 0 Å². The molecule has 4 nitrogen and oxygen atoms in total. The zero-order valence-corrected chi connectivity index (χ0v) is 10.6. The van der Waals surface area contributed by atoms with E-state index in [0.29, 0.717) is 19.1 Å². The summed E-state index contributed by atoms with van der Waals surface area (Å²) in [5.41, 5.74) is 0.984. The number of rotatable bonds is 4. The van der Waals surface area contributed by atoms with E-state index in [9.17, 15) is 4.79 Å². The number of carbonyl (C=O) groups is 1. The molecule has 0 aromatic heterocycles. The zero-order valence-electron chi connectivity index (χ0n) is 10.6. The van der Waals surface area contributed by atoms with Crippen molar-refractivity contribution < 1.29 is 14.3 Å². The van der Waals surface area contributed by atoms with E-state index >= 15 is 0 Å². The Morgan fingerprint density at radius 1 is 1.44 bits per heavy atom. The molecule has 0 spiro atoms. The maximum absolute atomic E-state index is 11.5. The van der Waals surface area contributed by atoms with Crippen LogP contribution in [0.25, 0.3) is 0 Å². The summed E-state index contributed by atoms with van der Waals surface area (Å²) >= 11 is 0. The number of amides is 1. The number of benzene rings is 1. The summed E-state index contributed by atoms with van der Waals surface area (Å²) in [6.07, 6.45) is 0.793. The molecule has 2 rings (SSSR count). The van der Waals surface area contributed by atoms with Crippen molar-refractivity contribution in [2.75, 3.05) is 13.2 Å². The Hall–Kier alpha value is -1.55. The average molecular weight is 249 g/mol. The van der Waals surface area contributed by atoms with Crippen LogP contribution in [0, 0.1) is 5.92 Å². The molecular weight excluding hydrogens is 230 g/mol. The van der Waals surface area contributed by atoms with E-state index in [-0.39, 0.29) is 12.2 Å². The Morgan fingerprint density at radius 2 is 2.22 bits per heavy atom. The zero-order chi connectivity index (χ0) is 12.8. The molecule has 1 aromatic rings. The molecule has 1 aromatic carbocycles. The lowest BCUT2D eigenvalue weighted by molar-refractivity contribution is 0.0864. The lowest BCUT2D eigenvalue weighted by atomic mass is 10.0. The van der Waals surface area contributed by atoms with Crippen LogP contribution < -0.4 is 5.32 Å². The van der Waals surface area contributed by atoms with Gasteiger partial charge in [-0.05, 0) is 17.9 Å². The number of nitrogens with one attached hydrogen (secondary N) is 1. The molecular formula is C14H19NO3. The summed E-state index contributed by atoms with van der Waals surface area (Å²) in [5.74, 6) is 0.499. The van der Waals surface area contributed by atoms with E-state index in [2.05, 4.69) is 12.2 Å². The molecule has 18 heavy (non-hydrogen) atoms. The standard InChI is InChI=1S/C14H19NO3/c1-11-7-8-17-13(11)9-15-14(16)18-10-12-5-3-2-4-6-12/h2-6,11,13H,7-10H2,1H3,(H,15,16)/t11-,13-/m1/s1. The van der Waals surface area contributed by atoms with Gasteiger partial charge in [-0.3, -0.25) is 0 Å². The Kier molecular flexibility index (Phi) is 4.59. The van der Waals surface area contributed by atoms with Crippen LogP contribution >= 0.6 is 0 Å². The second-order valence-electron chi connectivity index (χ2n) is 4.62. The minimum Gasteiger partial charge on any atom is -0.445 e. The van der Waals surface area contributed by atoms with E-state index in [1.54, 1.807) is 0 Å². The van der Waals surface area contributed by atoms with Crippen LogP contribution in [0.5, 0.6) is 0 Å². The molecule has 1 N–H and O–H groups in total. The molecule has 1 aliphatic heterocycles. The molecule has 4 heteroatoms. The minimum atomic E-state index is -0.387. The van der Waals surface area contributed by atoms with Gasteiger partial charge in [0.1, 0.15) is 6.61 Å². The predicted octanol–water partition coefficient (Wildman–Crippen LogP) is 2.34. The Balaban J connectivity index is 1.66. The highest BCUT2D eigenvalue weighted by molar-refractivity contribution is 5.67. The highest BCUT2D eigenvalue weighted by atomic mass is 16.5. The Bertz CT molecular complexity index is 380. The first kappa shape index (κ1) is 12.9. The molecule has 1 aliphatic rings. The second-order valence-corrected chi connectivity index (χ2v) is 4.62. The summed E-state index contributed by atoms with van der Waals surface area (Å²) in [5, 5.41) is 2.74. The van der Waals surface area contributed by atoms with E-state index in [4.69, 9.17) is 9.47 Å². The molecule has 0 saturated carbocycles. The van der Waals surface area contributed by atoms with Gasteiger partial charge in [-0.1, -0.05) is 37.3 Å². The first-order chi connectivity index (χ1) is 8.75. The molecule has 0 unspecified atom stereocenters. The highest BCUT2D eigenvalue weighted by Crippen LogP contribution is 2.19. The highest BCUT2D eigenvalue weighted by Gasteiger charge is 2.24. The molecule has 1 saturated heterocycles. The molecule has 1 fully saturated rings. The molecule has 0 bridgehead atoms. The van der Waals surface area contributed by atoms with Gasteiger partial charge in [-0.15, -0.1) is 0 Å². The molecule has 2 atom stereocenters. The summed E-state index contributed by atoms with van der Waals surface area (Å²) in [6.45, 7) is 3.74. The third-order valence-corrected chi connectivity index (χ3v) is 3.20. The van der Waals surface area contributed by atoms with E-state index in [0.717, 1.165) is 18.6 Å². The van der Waals surface area contributed by atoms with Crippen molar-refractivity contribution in [1.82, 2.24) is 5.32 Å². The molecule has 98 valence electrons. The summed E-state index contributed by atoms with van der Waals surface area (Å²) in [7, 11) is 0. The molecule has 0 radical (unpaired) electrons. The van der Waals surface area contributed by atoms with Gasteiger partial charge in [0.25, 0.3) is 0 Å². The van der Waals surface area contributed by atoms with Gasteiger partial charge < -0.3 is 14.8 Å². The lowest BCUT2D eigenvalue weighted by Crippen LogP contribution is -2.34. The van der Waals surface area contributed by atoms with Gasteiger partial charge in [0, 0.05) is 13.2 Å². The number of ether oxygens (including phenoxy) is 2. The first-order valence-electron chi connectivity index (χ1n) is 6.32. The number of carbonyl (C=O) groups excluding carboxylic acids is 1. The number of hydrogen-bond acceptors (Lipinski definition) is 3. The third-order valence-electron chi connectivity index (χ3n) is 3.20. The van der Waals surface area contributed by atoms with E-state index in [1.165, 1.54) is 0 Å². The van der Waals surface area contributed by atoms with Gasteiger partial charge in [0.2, 0.25) is 0 Å². The van der Waals surface area contributed by atoms with Gasteiger partial charge in [-0.25, -0.2) is 4.79 Å². The monoisotopic (exact) mass is 249 g/mol. The summed E-state index contributed by atoms with van der Waals surface area (Å²) in [4.78, 5) is 11.5. The topological polar surface area (TPSA) is 47.6 Å². The van der Waals surface area contributed by atoms with E-state index < -0.39 is 0 Å². The molecule has 1 amide bonds. The second kappa shape index (κ2) is 6.40. The van der Waals surface area contributed by atoms with Crippen LogP contribution in [0.4, 0.5) is 4.79 Å².